The zero-order valence-corrected chi connectivity index (χ0v) is 17.0. The van der Waals surface area contributed by atoms with Crippen LogP contribution in [0, 0.1) is 0 Å². The smallest absolute Gasteiger partial charge is 0.228 e. The van der Waals surface area contributed by atoms with Crippen molar-refractivity contribution in [2.45, 2.75) is 51.5 Å². The quantitative estimate of drug-likeness (QED) is 0.783. The van der Waals surface area contributed by atoms with Crippen LogP contribution in [0.25, 0.3) is 10.6 Å². The van der Waals surface area contributed by atoms with E-state index in [1.54, 1.807) is 11.3 Å². The minimum Gasteiger partial charge on any atom is -0.340 e. The predicted octanol–water partition coefficient (Wildman–Crippen LogP) is 4.00. The zero-order valence-electron chi connectivity index (χ0n) is 16.2. The molecule has 0 N–H and O–H groups in total. The van der Waals surface area contributed by atoms with E-state index in [4.69, 9.17) is 4.98 Å². The summed E-state index contributed by atoms with van der Waals surface area (Å²) < 4.78 is 0. The van der Waals surface area contributed by atoms with E-state index in [2.05, 4.69) is 36.1 Å². The number of aromatic nitrogens is 1. The topological polar surface area (TPSA) is 36.4 Å². The Morgan fingerprint density at radius 3 is 2.48 bits per heavy atom. The number of amides is 1. The molecule has 2 aromatic rings. The number of carbonyl (C=O) groups is 1. The number of piperazine rings is 1. The molecule has 27 heavy (non-hydrogen) atoms. The first-order chi connectivity index (χ1) is 13.2. The molecule has 5 heteroatoms. The lowest BCUT2D eigenvalue weighted by Crippen LogP contribution is -2.51. The van der Waals surface area contributed by atoms with E-state index in [1.807, 2.05) is 10.3 Å². The van der Waals surface area contributed by atoms with Gasteiger partial charge in [-0.15, -0.1) is 11.3 Å². The summed E-state index contributed by atoms with van der Waals surface area (Å²) in [5.74, 6) is 0.222. The van der Waals surface area contributed by atoms with Gasteiger partial charge < -0.3 is 4.90 Å². The molecule has 2 fully saturated rings. The lowest BCUT2D eigenvalue weighted by Gasteiger charge is -2.38. The van der Waals surface area contributed by atoms with E-state index in [9.17, 15) is 4.79 Å². The van der Waals surface area contributed by atoms with Gasteiger partial charge in [-0.05, 0) is 24.8 Å². The van der Waals surface area contributed by atoms with Gasteiger partial charge in [-0.1, -0.05) is 44.0 Å². The van der Waals surface area contributed by atoms with Gasteiger partial charge in [-0.2, -0.15) is 0 Å². The molecule has 1 aromatic carbocycles. The Morgan fingerprint density at radius 1 is 1.11 bits per heavy atom. The van der Waals surface area contributed by atoms with Gasteiger partial charge in [0.1, 0.15) is 5.01 Å². The summed E-state index contributed by atoms with van der Waals surface area (Å²) in [6.45, 7) is 5.95. The van der Waals surface area contributed by atoms with Crippen LogP contribution in [0.1, 0.15) is 43.9 Å². The first kappa shape index (κ1) is 18.6. The number of hydrogen-bond donors (Lipinski definition) is 0. The second-order valence-corrected chi connectivity index (χ2v) is 8.58. The Kier molecular flexibility index (Phi) is 5.89. The Bertz CT molecular complexity index is 756. The molecule has 1 saturated carbocycles. The second kappa shape index (κ2) is 8.53. The van der Waals surface area contributed by atoms with Gasteiger partial charge in [-0.3, -0.25) is 9.69 Å². The molecule has 0 radical (unpaired) electrons. The third kappa shape index (κ3) is 4.41. The maximum absolute atomic E-state index is 12.7. The molecule has 4 nitrogen and oxygen atoms in total. The highest BCUT2D eigenvalue weighted by molar-refractivity contribution is 7.13. The summed E-state index contributed by atoms with van der Waals surface area (Å²) in [6.07, 6.45) is 6.90. The van der Waals surface area contributed by atoms with Crippen molar-refractivity contribution in [2.24, 2.45) is 0 Å². The van der Waals surface area contributed by atoms with Gasteiger partial charge >= 0.3 is 0 Å². The van der Waals surface area contributed by atoms with Crippen molar-refractivity contribution >= 4 is 17.2 Å². The number of aryl methyl sites for hydroxylation is 1. The minimum atomic E-state index is 0.222. The number of rotatable bonds is 5. The van der Waals surface area contributed by atoms with Crippen LogP contribution in [0.2, 0.25) is 0 Å². The standard InChI is InChI=1S/C22H29N3OS/c1-2-17-7-9-18(10-8-17)22-23-19(16-27-22)15-21(26)25-13-11-24(12-14-25)20-5-3-4-6-20/h7-10,16,20H,2-6,11-15H2,1H3. The van der Waals surface area contributed by atoms with Crippen molar-refractivity contribution in [1.29, 1.82) is 0 Å². The fourth-order valence-corrected chi connectivity index (χ4v) is 5.10. The van der Waals surface area contributed by atoms with Gasteiger partial charge in [0.25, 0.3) is 0 Å². The van der Waals surface area contributed by atoms with Crippen molar-refractivity contribution in [3.8, 4) is 10.6 Å². The lowest BCUT2D eigenvalue weighted by molar-refractivity contribution is -0.132. The molecule has 4 rings (SSSR count). The molecule has 2 heterocycles. The van der Waals surface area contributed by atoms with Crippen molar-refractivity contribution in [3.05, 3.63) is 40.9 Å². The van der Waals surface area contributed by atoms with Crippen LogP contribution in [0.5, 0.6) is 0 Å². The molecule has 1 aliphatic heterocycles. The summed E-state index contributed by atoms with van der Waals surface area (Å²) in [6, 6.07) is 9.34. The molecule has 1 saturated heterocycles. The van der Waals surface area contributed by atoms with Crippen molar-refractivity contribution in [2.75, 3.05) is 26.2 Å². The summed E-state index contributed by atoms with van der Waals surface area (Å²) in [5.41, 5.74) is 3.38. The average molecular weight is 384 g/mol. The Morgan fingerprint density at radius 2 is 1.81 bits per heavy atom. The fraction of sp³-hybridized carbons (Fsp3) is 0.545. The molecule has 0 unspecified atom stereocenters. The molecule has 144 valence electrons. The lowest BCUT2D eigenvalue weighted by atomic mass is 10.1. The van der Waals surface area contributed by atoms with Gasteiger partial charge in [-0.25, -0.2) is 4.98 Å². The van der Waals surface area contributed by atoms with Crippen molar-refractivity contribution in [3.63, 3.8) is 0 Å². The van der Waals surface area contributed by atoms with Crippen LogP contribution in [0.15, 0.2) is 29.6 Å². The Labute approximate surface area is 166 Å². The third-order valence-corrected chi connectivity index (χ3v) is 6.94. The molecule has 2 aliphatic rings. The van der Waals surface area contributed by atoms with E-state index in [0.29, 0.717) is 6.42 Å². The largest absolute Gasteiger partial charge is 0.340 e. The number of benzene rings is 1. The van der Waals surface area contributed by atoms with Crippen LogP contribution in [0.4, 0.5) is 0 Å². The molecule has 1 aromatic heterocycles. The van der Waals surface area contributed by atoms with Crippen LogP contribution in [0.3, 0.4) is 0 Å². The predicted molar refractivity (Wildman–Crippen MR) is 111 cm³/mol. The van der Waals surface area contributed by atoms with Crippen LogP contribution in [-0.4, -0.2) is 52.9 Å². The number of carbonyl (C=O) groups excluding carboxylic acids is 1. The van der Waals surface area contributed by atoms with Gasteiger partial charge in [0.15, 0.2) is 0 Å². The number of thiazole rings is 1. The normalized spacial score (nSPS) is 18.9. The van der Waals surface area contributed by atoms with E-state index in [1.165, 1.54) is 31.2 Å². The minimum absolute atomic E-state index is 0.222. The summed E-state index contributed by atoms with van der Waals surface area (Å²) in [7, 11) is 0. The number of nitrogens with zero attached hydrogens (tertiary/aromatic N) is 3. The van der Waals surface area contributed by atoms with E-state index in [-0.39, 0.29) is 5.91 Å². The van der Waals surface area contributed by atoms with E-state index >= 15 is 0 Å². The molecule has 0 bridgehead atoms. The molecule has 0 spiro atoms. The zero-order chi connectivity index (χ0) is 18.6. The summed E-state index contributed by atoms with van der Waals surface area (Å²) in [4.78, 5) is 22.0. The van der Waals surface area contributed by atoms with Crippen LogP contribution in [-0.2, 0) is 17.6 Å². The first-order valence-electron chi connectivity index (χ1n) is 10.3. The first-order valence-corrected chi connectivity index (χ1v) is 11.2. The molecule has 1 amide bonds. The van der Waals surface area contributed by atoms with Crippen LogP contribution >= 0.6 is 11.3 Å². The van der Waals surface area contributed by atoms with Gasteiger partial charge in [0.2, 0.25) is 5.91 Å². The molecular formula is C22H29N3OS. The van der Waals surface area contributed by atoms with Crippen molar-refractivity contribution in [1.82, 2.24) is 14.8 Å². The molecular weight excluding hydrogens is 354 g/mol. The highest BCUT2D eigenvalue weighted by Crippen LogP contribution is 2.26. The highest BCUT2D eigenvalue weighted by atomic mass is 32.1. The highest BCUT2D eigenvalue weighted by Gasteiger charge is 2.28. The summed E-state index contributed by atoms with van der Waals surface area (Å²) >= 11 is 1.63. The fourth-order valence-electron chi connectivity index (χ4n) is 4.28. The van der Waals surface area contributed by atoms with Crippen LogP contribution < -0.4 is 0 Å². The molecule has 0 atom stereocenters. The average Bonchev–Trinajstić information content (AvgIpc) is 3.40. The maximum Gasteiger partial charge on any atom is 0.228 e. The van der Waals surface area contributed by atoms with E-state index < -0.39 is 0 Å². The second-order valence-electron chi connectivity index (χ2n) is 7.73. The van der Waals surface area contributed by atoms with Crippen molar-refractivity contribution < 1.29 is 4.79 Å². The third-order valence-electron chi connectivity index (χ3n) is 6.00. The van der Waals surface area contributed by atoms with Gasteiger partial charge in [0.05, 0.1) is 12.1 Å². The SMILES string of the molecule is CCc1ccc(-c2nc(CC(=O)N3CCN(C4CCCC4)CC3)cs2)cc1. The maximum atomic E-state index is 12.7. The Hall–Kier alpha value is -1.72. The van der Waals surface area contributed by atoms with Gasteiger partial charge in [0, 0.05) is 43.2 Å². The van der Waals surface area contributed by atoms with E-state index in [0.717, 1.165) is 54.9 Å². The number of hydrogen-bond acceptors (Lipinski definition) is 4. The summed E-state index contributed by atoms with van der Waals surface area (Å²) in [5, 5.41) is 3.04. The molecule has 1 aliphatic carbocycles. The Balaban J connectivity index is 1.31. The monoisotopic (exact) mass is 383 g/mol.